The summed E-state index contributed by atoms with van der Waals surface area (Å²) < 4.78 is 28.6. The van der Waals surface area contributed by atoms with Crippen LogP contribution in [0.1, 0.15) is 40.7 Å². The van der Waals surface area contributed by atoms with Crippen LogP contribution in [0.4, 0.5) is 0 Å². The Morgan fingerprint density at radius 3 is 2.40 bits per heavy atom. The van der Waals surface area contributed by atoms with Gasteiger partial charge in [-0.05, 0) is 66.4 Å². The van der Waals surface area contributed by atoms with Crippen molar-refractivity contribution in [2.75, 3.05) is 13.1 Å². The Balaban J connectivity index is 1.58. The normalized spacial score (nSPS) is 16.9. The van der Waals surface area contributed by atoms with Gasteiger partial charge in [0.05, 0.1) is 10.5 Å². The summed E-state index contributed by atoms with van der Waals surface area (Å²) in [5.74, 6) is -0.964. The molecular formula is C26H28ClN3O4S. The molecule has 2 heterocycles. The maximum Gasteiger partial charge on any atom is 0.335 e. The second kappa shape index (κ2) is 11.3. The van der Waals surface area contributed by atoms with Gasteiger partial charge in [-0.15, -0.1) is 0 Å². The number of carbonyl (C=O) groups is 1. The van der Waals surface area contributed by atoms with E-state index in [9.17, 15) is 18.3 Å². The number of carboxylic acid groups (broad SMARTS) is 1. The largest absolute Gasteiger partial charge is 0.478 e. The molecule has 35 heavy (non-hydrogen) atoms. The van der Waals surface area contributed by atoms with Crippen molar-refractivity contribution in [1.82, 2.24) is 14.2 Å². The van der Waals surface area contributed by atoms with Crippen LogP contribution in [0.25, 0.3) is 0 Å². The molecule has 1 fully saturated rings. The fraction of sp³-hybridized carbons (Fsp3) is 0.308. The molecule has 0 bridgehead atoms. The van der Waals surface area contributed by atoms with E-state index in [-0.39, 0.29) is 16.5 Å². The van der Waals surface area contributed by atoms with E-state index in [1.54, 1.807) is 46.9 Å². The Hall–Kier alpha value is -2.78. The highest BCUT2D eigenvalue weighted by Gasteiger charge is 2.34. The quantitative estimate of drug-likeness (QED) is 0.447. The summed E-state index contributed by atoms with van der Waals surface area (Å²) in [5.41, 5.74) is 2.22. The number of nitrogens with zero attached hydrogens (tertiary/aromatic N) is 3. The molecule has 2 aromatic carbocycles. The predicted molar refractivity (Wildman–Crippen MR) is 135 cm³/mol. The first-order chi connectivity index (χ1) is 16.8. The summed E-state index contributed by atoms with van der Waals surface area (Å²) >= 11 is 5.97. The maximum absolute atomic E-state index is 13.5. The van der Waals surface area contributed by atoms with Crippen LogP contribution in [-0.4, -0.2) is 52.8 Å². The van der Waals surface area contributed by atoms with Gasteiger partial charge in [0.2, 0.25) is 10.0 Å². The molecule has 1 aliphatic heterocycles. The third kappa shape index (κ3) is 6.46. The van der Waals surface area contributed by atoms with Gasteiger partial charge in [-0.25, -0.2) is 13.2 Å². The summed E-state index contributed by atoms with van der Waals surface area (Å²) in [4.78, 5) is 17.9. The summed E-state index contributed by atoms with van der Waals surface area (Å²) in [7, 11) is -3.66. The molecule has 0 saturated carbocycles. The molecule has 0 aliphatic carbocycles. The van der Waals surface area contributed by atoms with Crippen LogP contribution in [-0.2, 0) is 23.1 Å². The third-order valence-electron chi connectivity index (χ3n) is 6.20. The standard InChI is InChI=1S/C26H28ClN3O4S/c27-23-10-12-25(13-11-23)35(33,34)30-15-2-1-5-24(30)19-29(18-21-4-3-14-28-16-21)17-20-6-8-22(9-7-20)26(31)32/h3-4,6-14,16,24H,1-2,5,15,17-19H2,(H,31,32). The lowest BCUT2D eigenvalue weighted by Gasteiger charge is -2.38. The molecule has 1 saturated heterocycles. The predicted octanol–water partition coefficient (Wildman–Crippen LogP) is 4.68. The van der Waals surface area contributed by atoms with Crippen molar-refractivity contribution >= 4 is 27.6 Å². The highest BCUT2D eigenvalue weighted by Crippen LogP contribution is 2.27. The summed E-state index contributed by atoms with van der Waals surface area (Å²) in [6.45, 7) is 2.17. The monoisotopic (exact) mass is 513 g/mol. The van der Waals surface area contributed by atoms with Gasteiger partial charge in [0, 0.05) is 49.6 Å². The van der Waals surface area contributed by atoms with Crippen LogP contribution in [0.2, 0.25) is 5.02 Å². The first kappa shape index (κ1) is 25.3. The number of halogens is 1. The molecule has 7 nitrogen and oxygen atoms in total. The van der Waals surface area contributed by atoms with E-state index < -0.39 is 16.0 Å². The fourth-order valence-corrected chi connectivity index (χ4v) is 6.27. The number of carboxylic acids is 1. The van der Waals surface area contributed by atoms with Gasteiger partial charge in [-0.2, -0.15) is 4.31 Å². The summed E-state index contributed by atoms with van der Waals surface area (Å²) in [6.07, 6.45) is 6.09. The minimum absolute atomic E-state index is 0.181. The lowest BCUT2D eigenvalue weighted by atomic mass is 10.0. The lowest BCUT2D eigenvalue weighted by molar-refractivity contribution is 0.0697. The van der Waals surface area contributed by atoms with Crippen molar-refractivity contribution in [3.63, 3.8) is 0 Å². The topological polar surface area (TPSA) is 90.8 Å². The zero-order valence-electron chi connectivity index (χ0n) is 19.3. The minimum atomic E-state index is -3.66. The molecule has 1 N–H and O–H groups in total. The SMILES string of the molecule is O=C(O)c1ccc(CN(Cc2cccnc2)CC2CCCCN2S(=O)(=O)c2ccc(Cl)cc2)cc1. The molecule has 3 aromatic rings. The number of hydrogen-bond acceptors (Lipinski definition) is 5. The zero-order chi connectivity index (χ0) is 24.8. The van der Waals surface area contributed by atoms with Crippen molar-refractivity contribution in [2.45, 2.75) is 43.3 Å². The number of aromatic carboxylic acids is 1. The second-order valence-corrected chi connectivity index (χ2v) is 11.1. The highest BCUT2D eigenvalue weighted by molar-refractivity contribution is 7.89. The number of sulfonamides is 1. The number of aromatic nitrogens is 1. The van der Waals surface area contributed by atoms with Crippen molar-refractivity contribution in [3.05, 3.63) is 94.8 Å². The van der Waals surface area contributed by atoms with Crippen LogP contribution in [0.15, 0.2) is 78.0 Å². The van der Waals surface area contributed by atoms with Crippen LogP contribution in [0.5, 0.6) is 0 Å². The molecule has 1 unspecified atom stereocenters. The first-order valence-corrected chi connectivity index (χ1v) is 13.4. The van der Waals surface area contributed by atoms with Gasteiger partial charge in [0.15, 0.2) is 0 Å². The van der Waals surface area contributed by atoms with E-state index in [0.717, 1.165) is 30.4 Å². The Bertz CT molecular complexity index is 1240. The van der Waals surface area contributed by atoms with E-state index in [0.29, 0.717) is 31.2 Å². The first-order valence-electron chi connectivity index (χ1n) is 11.5. The molecule has 0 amide bonds. The molecule has 184 valence electrons. The lowest BCUT2D eigenvalue weighted by Crippen LogP contribution is -2.49. The van der Waals surface area contributed by atoms with Gasteiger partial charge >= 0.3 is 5.97 Å². The number of benzene rings is 2. The molecule has 0 spiro atoms. The Kier molecular flexibility index (Phi) is 8.18. The molecular weight excluding hydrogens is 486 g/mol. The van der Waals surface area contributed by atoms with Crippen molar-refractivity contribution < 1.29 is 18.3 Å². The van der Waals surface area contributed by atoms with Gasteiger partial charge in [0.25, 0.3) is 0 Å². The third-order valence-corrected chi connectivity index (χ3v) is 8.42. The zero-order valence-corrected chi connectivity index (χ0v) is 20.8. The molecule has 0 radical (unpaired) electrons. The molecule has 1 aromatic heterocycles. The van der Waals surface area contributed by atoms with Crippen molar-refractivity contribution in [3.8, 4) is 0 Å². The van der Waals surface area contributed by atoms with E-state index in [1.165, 1.54) is 0 Å². The smallest absolute Gasteiger partial charge is 0.335 e. The molecule has 1 atom stereocenters. The average Bonchev–Trinajstić information content (AvgIpc) is 2.85. The molecule has 1 aliphatic rings. The van der Waals surface area contributed by atoms with Gasteiger partial charge < -0.3 is 5.11 Å². The van der Waals surface area contributed by atoms with Gasteiger partial charge in [-0.1, -0.05) is 36.2 Å². The number of piperidine rings is 1. The van der Waals surface area contributed by atoms with Gasteiger partial charge in [0.1, 0.15) is 0 Å². The van der Waals surface area contributed by atoms with Crippen LogP contribution < -0.4 is 0 Å². The number of rotatable bonds is 9. The van der Waals surface area contributed by atoms with Crippen LogP contribution in [0, 0.1) is 0 Å². The number of pyridine rings is 1. The molecule has 4 rings (SSSR count). The maximum atomic E-state index is 13.5. The minimum Gasteiger partial charge on any atom is -0.478 e. The van der Waals surface area contributed by atoms with E-state index in [1.807, 2.05) is 30.5 Å². The van der Waals surface area contributed by atoms with Gasteiger partial charge in [-0.3, -0.25) is 9.88 Å². The Morgan fingerprint density at radius 2 is 1.74 bits per heavy atom. The Morgan fingerprint density at radius 1 is 1.03 bits per heavy atom. The van der Waals surface area contributed by atoms with E-state index in [2.05, 4.69) is 9.88 Å². The van der Waals surface area contributed by atoms with Crippen LogP contribution >= 0.6 is 11.6 Å². The van der Waals surface area contributed by atoms with Crippen LogP contribution in [0.3, 0.4) is 0 Å². The summed E-state index contributed by atoms with van der Waals surface area (Å²) in [5, 5.41) is 9.69. The average molecular weight is 514 g/mol. The fourth-order valence-electron chi connectivity index (χ4n) is 4.46. The number of hydrogen-bond donors (Lipinski definition) is 1. The Labute approximate surface area is 211 Å². The summed E-state index contributed by atoms with van der Waals surface area (Å²) in [6, 6.07) is 16.8. The second-order valence-electron chi connectivity index (χ2n) is 8.75. The van der Waals surface area contributed by atoms with Crippen molar-refractivity contribution in [1.29, 1.82) is 0 Å². The molecule has 9 heteroatoms. The van der Waals surface area contributed by atoms with E-state index >= 15 is 0 Å². The van der Waals surface area contributed by atoms with Crippen molar-refractivity contribution in [2.24, 2.45) is 0 Å². The van der Waals surface area contributed by atoms with E-state index in [4.69, 9.17) is 11.6 Å². The highest BCUT2D eigenvalue weighted by atomic mass is 35.5.